The van der Waals surface area contributed by atoms with Gasteiger partial charge in [0.25, 0.3) is 0 Å². The molecule has 88 valence electrons. The minimum atomic E-state index is 0.512. The van der Waals surface area contributed by atoms with Crippen molar-refractivity contribution in [1.29, 1.82) is 0 Å². The molecule has 2 rings (SSSR count). The Balaban J connectivity index is 2.39. The summed E-state index contributed by atoms with van der Waals surface area (Å²) in [5.41, 5.74) is 2.58. The molecule has 1 aliphatic rings. The Morgan fingerprint density at radius 3 is 2.44 bits per heavy atom. The minimum absolute atomic E-state index is 0.512. The second-order valence-corrected chi connectivity index (χ2v) is 4.75. The van der Waals surface area contributed by atoms with E-state index in [4.69, 9.17) is 4.74 Å². The van der Waals surface area contributed by atoms with Crippen LogP contribution in [0.3, 0.4) is 0 Å². The standard InChI is InChI=1S/C14H21NO/c1-11(2)12-7-6-8-13(14(12)16-3)15-9-4-5-10-15/h6-8,11H,4-5,9-10H2,1-3H3. The first-order valence-electron chi connectivity index (χ1n) is 6.16. The van der Waals surface area contributed by atoms with Crippen molar-refractivity contribution in [2.75, 3.05) is 25.1 Å². The molecule has 1 aromatic carbocycles. The van der Waals surface area contributed by atoms with Crippen molar-refractivity contribution < 1.29 is 4.74 Å². The highest BCUT2D eigenvalue weighted by atomic mass is 16.5. The molecule has 1 aliphatic heterocycles. The third-order valence-electron chi connectivity index (χ3n) is 3.30. The fraction of sp³-hybridized carbons (Fsp3) is 0.571. The monoisotopic (exact) mass is 219 g/mol. The van der Waals surface area contributed by atoms with Gasteiger partial charge in [-0.3, -0.25) is 0 Å². The van der Waals surface area contributed by atoms with Crippen LogP contribution in [-0.4, -0.2) is 20.2 Å². The highest BCUT2D eigenvalue weighted by Gasteiger charge is 2.19. The summed E-state index contributed by atoms with van der Waals surface area (Å²) in [6.45, 7) is 6.76. The van der Waals surface area contributed by atoms with Gasteiger partial charge in [-0.1, -0.05) is 26.0 Å². The van der Waals surface area contributed by atoms with E-state index in [-0.39, 0.29) is 0 Å². The Kier molecular flexibility index (Phi) is 3.37. The number of para-hydroxylation sites is 1. The van der Waals surface area contributed by atoms with Gasteiger partial charge in [-0.05, 0) is 30.4 Å². The van der Waals surface area contributed by atoms with Crippen LogP contribution in [0.15, 0.2) is 18.2 Å². The number of hydrogen-bond acceptors (Lipinski definition) is 2. The molecule has 0 aliphatic carbocycles. The molecule has 0 spiro atoms. The average Bonchev–Trinajstić information content (AvgIpc) is 2.81. The molecule has 1 saturated heterocycles. The van der Waals surface area contributed by atoms with E-state index in [9.17, 15) is 0 Å². The van der Waals surface area contributed by atoms with E-state index in [0.717, 1.165) is 18.8 Å². The van der Waals surface area contributed by atoms with E-state index in [1.54, 1.807) is 7.11 Å². The average molecular weight is 219 g/mol. The number of methoxy groups -OCH3 is 1. The van der Waals surface area contributed by atoms with Crippen molar-refractivity contribution in [2.45, 2.75) is 32.6 Å². The first-order valence-corrected chi connectivity index (χ1v) is 6.16. The van der Waals surface area contributed by atoms with Crippen molar-refractivity contribution in [1.82, 2.24) is 0 Å². The summed E-state index contributed by atoms with van der Waals surface area (Å²) in [7, 11) is 1.78. The summed E-state index contributed by atoms with van der Waals surface area (Å²) in [5.74, 6) is 1.58. The van der Waals surface area contributed by atoms with E-state index in [1.165, 1.54) is 24.1 Å². The Morgan fingerprint density at radius 2 is 1.88 bits per heavy atom. The number of anilines is 1. The van der Waals surface area contributed by atoms with E-state index >= 15 is 0 Å². The second-order valence-electron chi connectivity index (χ2n) is 4.75. The van der Waals surface area contributed by atoms with Crippen molar-refractivity contribution >= 4 is 5.69 Å². The summed E-state index contributed by atoms with van der Waals surface area (Å²) in [4.78, 5) is 2.44. The van der Waals surface area contributed by atoms with Crippen LogP contribution in [0, 0.1) is 0 Å². The number of benzene rings is 1. The molecule has 0 bridgehead atoms. The van der Waals surface area contributed by atoms with E-state index in [0.29, 0.717) is 5.92 Å². The van der Waals surface area contributed by atoms with Crippen LogP contribution in [-0.2, 0) is 0 Å². The van der Waals surface area contributed by atoms with Gasteiger partial charge in [0.05, 0.1) is 12.8 Å². The van der Waals surface area contributed by atoms with Crippen molar-refractivity contribution in [3.8, 4) is 5.75 Å². The fourth-order valence-electron chi connectivity index (χ4n) is 2.43. The Hall–Kier alpha value is -1.18. The van der Waals surface area contributed by atoms with E-state index in [2.05, 4.69) is 36.9 Å². The molecule has 0 N–H and O–H groups in total. The maximum Gasteiger partial charge on any atom is 0.145 e. The van der Waals surface area contributed by atoms with Crippen molar-refractivity contribution in [2.24, 2.45) is 0 Å². The quantitative estimate of drug-likeness (QED) is 0.772. The molecule has 2 nitrogen and oxygen atoms in total. The van der Waals surface area contributed by atoms with E-state index in [1.807, 2.05) is 0 Å². The van der Waals surface area contributed by atoms with Crippen LogP contribution in [0.5, 0.6) is 5.75 Å². The smallest absolute Gasteiger partial charge is 0.145 e. The van der Waals surface area contributed by atoms with Gasteiger partial charge in [-0.15, -0.1) is 0 Å². The summed E-state index contributed by atoms with van der Waals surface area (Å²) < 4.78 is 5.61. The van der Waals surface area contributed by atoms with Crippen LogP contribution in [0.2, 0.25) is 0 Å². The Bertz CT molecular complexity index is 354. The van der Waals surface area contributed by atoms with Gasteiger partial charge in [0.15, 0.2) is 0 Å². The number of rotatable bonds is 3. The molecule has 0 aromatic heterocycles. The molecule has 0 radical (unpaired) electrons. The zero-order valence-corrected chi connectivity index (χ0v) is 10.5. The van der Waals surface area contributed by atoms with Crippen LogP contribution in [0.25, 0.3) is 0 Å². The lowest BCUT2D eigenvalue weighted by atomic mass is 10.0. The van der Waals surface area contributed by atoms with Crippen molar-refractivity contribution in [3.63, 3.8) is 0 Å². The summed E-state index contributed by atoms with van der Waals surface area (Å²) in [6.07, 6.45) is 2.60. The van der Waals surface area contributed by atoms with Gasteiger partial charge < -0.3 is 9.64 Å². The molecule has 0 atom stereocenters. The fourth-order valence-corrected chi connectivity index (χ4v) is 2.43. The zero-order chi connectivity index (χ0) is 11.5. The van der Waals surface area contributed by atoms with Crippen LogP contribution in [0.1, 0.15) is 38.2 Å². The molecule has 0 amide bonds. The van der Waals surface area contributed by atoms with Gasteiger partial charge in [-0.25, -0.2) is 0 Å². The first-order chi connectivity index (χ1) is 7.74. The predicted molar refractivity (Wildman–Crippen MR) is 68.5 cm³/mol. The summed E-state index contributed by atoms with van der Waals surface area (Å²) in [5, 5.41) is 0. The molecule has 1 fully saturated rings. The Labute approximate surface area is 98.2 Å². The molecule has 0 unspecified atom stereocenters. The first kappa shape index (κ1) is 11.3. The van der Waals surface area contributed by atoms with Crippen LogP contribution >= 0.6 is 0 Å². The molecule has 1 heterocycles. The highest BCUT2D eigenvalue weighted by Crippen LogP contribution is 2.37. The lowest BCUT2D eigenvalue weighted by Crippen LogP contribution is -2.18. The number of ether oxygens (including phenoxy) is 1. The third-order valence-corrected chi connectivity index (χ3v) is 3.30. The lowest BCUT2D eigenvalue weighted by molar-refractivity contribution is 0.407. The topological polar surface area (TPSA) is 12.5 Å². The van der Waals surface area contributed by atoms with Crippen LogP contribution in [0.4, 0.5) is 5.69 Å². The van der Waals surface area contributed by atoms with Crippen LogP contribution < -0.4 is 9.64 Å². The van der Waals surface area contributed by atoms with Gasteiger partial charge in [-0.2, -0.15) is 0 Å². The van der Waals surface area contributed by atoms with E-state index < -0.39 is 0 Å². The van der Waals surface area contributed by atoms with Gasteiger partial charge in [0, 0.05) is 13.1 Å². The Morgan fingerprint density at radius 1 is 1.19 bits per heavy atom. The molecular formula is C14H21NO. The molecule has 2 heteroatoms. The molecule has 1 aromatic rings. The summed E-state index contributed by atoms with van der Waals surface area (Å²) >= 11 is 0. The molecule has 0 saturated carbocycles. The van der Waals surface area contributed by atoms with Crippen molar-refractivity contribution in [3.05, 3.63) is 23.8 Å². The minimum Gasteiger partial charge on any atom is -0.494 e. The maximum atomic E-state index is 5.61. The third kappa shape index (κ3) is 2.01. The molecule has 16 heavy (non-hydrogen) atoms. The number of hydrogen-bond donors (Lipinski definition) is 0. The summed E-state index contributed by atoms with van der Waals surface area (Å²) in [6, 6.07) is 6.49. The molecular weight excluding hydrogens is 198 g/mol. The normalized spacial score (nSPS) is 15.9. The second kappa shape index (κ2) is 4.77. The van der Waals surface area contributed by atoms with Gasteiger partial charge in [0.1, 0.15) is 5.75 Å². The van der Waals surface area contributed by atoms with Gasteiger partial charge in [0.2, 0.25) is 0 Å². The largest absolute Gasteiger partial charge is 0.494 e. The predicted octanol–water partition coefficient (Wildman–Crippen LogP) is 3.42. The zero-order valence-electron chi connectivity index (χ0n) is 10.5. The number of nitrogens with zero attached hydrogens (tertiary/aromatic N) is 1. The highest BCUT2D eigenvalue weighted by molar-refractivity contribution is 5.63. The SMILES string of the molecule is COc1c(C(C)C)cccc1N1CCCC1. The maximum absolute atomic E-state index is 5.61. The lowest BCUT2D eigenvalue weighted by Gasteiger charge is -2.23. The van der Waals surface area contributed by atoms with Gasteiger partial charge >= 0.3 is 0 Å².